The molecule has 0 aliphatic carbocycles. The number of hydrogen-bond acceptors (Lipinski definition) is 7. The molecule has 1 aliphatic heterocycles. The second kappa shape index (κ2) is 15.9. The number of aliphatic hydroxyl groups is 1. The number of rotatable bonds is 12. The van der Waals surface area contributed by atoms with Gasteiger partial charge in [0.25, 0.3) is 0 Å². The third kappa shape index (κ3) is 7.85. The quantitative estimate of drug-likeness (QED) is 0.103. The molecule has 0 spiro atoms. The minimum absolute atomic E-state index is 0.0496. The van der Waals surface area contributed by atoms with Gasteiger partial charge < -0.3 is 25.7 Å². The van der Waals surface area contributed by atoms with E-state index < -0.39 is 58.3 Å². The summed E-state index contributed by atoms with van der Waals surface area (Å²) in [6.45, 7) is 5.01. The summed E-state index contributed by atoms with van der Waals surface area (Å²) in [5.41, 5.74) is 7.10. The first kappa shape index (κ1) is 37.7. The first-order chi connectivity index (χ1) is 25.4. The Balaban J connectivity index is 1.31. The molecule has 1 saturated heterocycles. The van der Waals surface area contributed by atoms with Gasteiger partial charge in [0, 0.05) is 11.3 Å². The SMILES string of the molecule is Cc1ncsc1-c1ccc(CNC(=O)[C@H]2[C@@H](F)[C@@H](O)CN2C(=O)[C@@H](NC(=O)O)C(C)(C)SC(c2ccccc2)(c2ccccc2)c2ccccc2)cc1. The summed E-state index contributed by atoms with van der Waals surface area (Å²) in [6.07, 6.45) is -5.19. The van der Waals surface area contributed by atoms with E-state index >= 15 is 4.39 Å². The van der Waals surface area contributed by atoms with Gasteiger partial charge in [0.2, 0.25) is 11.8 Å². The minimum atomic E-state index is -2.09. The van der Waals surface area contributed by atoms with Gasteiger partial charge in [-0.1, -0.05) is 115 Å². The molecule has 4 N–H and O–H groups in total. The highest BCUT2D eigenvalue weighted by molar-refractivity contribution is 8.02. The van der Waals surface area contributed by atoms with E-state index in [0.717, 1.165) is 43.3 Å². The van der Waals surface area contributed by atoms with E-state index in [1.807, 2.05) is 122 Å². The zero-order valence-corrected chi connectivity index (χ0v) is 31.1. The number of aromatic nitrogens is 1. The van der Waals surface area contributed by atoms with Crippen LogP contribution in [0.2, 0.25) is 0 Å². The van der Waals surface area contributed by atoms with Crippen molar-refractivity contribution in [1.29, 1.82) is 0 Å². The van der Waals surface area contributed by atoms with Gasteiger partial charge in [-0.15, -0.1) is 23.1 Å². The number of β-amino-alcohol motifs (C(OH)–C–C–N with tert-alkyl or cyclic N) is 1. The number of halogens is 1. The molecule has 4 atom stereocenters. The van der Waals surface area contributed by atoms with Crippen molar-refractivity contribution < 1.29 is 29.0 Å². The largest absolute Gasteiger partial charge is 0.465 e. The summed E-state index contributed by atoms with van der Waals surface area (Å²) in [4.78, 5) is 46.9. The Hall–Kier alpha value is -5.04. The number of alkyl halides is 1. The summed E-state index contributed by atoms with van der Waals surface area (Å²) in [6, 6.07) is 33.6. The van der Waals surface area contributed by atoms with Crippen molar-refractivity contribution in [2.45, 2.75) is 61.2 Å². The molecule has 3 amide bonds. The number of amides is 3. The highest BCUT2D eigenvalue weighted by Crippen LogP contribution is 2.54. The van der Waals surface area contributed by atoms with Crippen LogP contribution >= 0.6 is 23.1 Å². The number of nitrogens with zero attached hydrogens (tertiary/aromatic N) is 2. The molecular weight excluding hydrogens is 712 g/mol. The van der Waals surface area contributed by atoms with Crippen LogP contribution in [-0.2, 0) is 20.9 Å². The Morgan fingerprint density at radius 3 is 1.91 bits per heavy atom. The van der Waals surface area contributed by atoms with E-state index in [0.29, 0.717) is 0 Å². The van der Waals surface area contributed by atoms with E-state index in [1.54, 1.807) is 19.4 Å². The van der Waals surface area contributed by atoms with Gasteiger partial charge in [0.05, 0.1) is 27.4 Å². The number of thioether (sulfide) groups is 1. The summed E-state index contributed by atoms with van der Waals surface area (Å²) in [5, 5.41) is 25.9. The predicted molar refractivity (Wildman–Crippen MR) is 206 cm³/mol. The second-order valence-corrected chi connectivity index (χ2v) is 16.2. The highest BCUT2D eigenvalue weighted by Gasteiger charge is 2.53. The summed E-state index contributed by atoms with van der Waals surface area (Å²) < 4.78 is 13.6. The number of nitrogens with one attached hydrogen (secondary N) is 2. The Morgan fingerprint density at radius 1 is 0.906 bits per heavy atom. The van der Waals surface area contributed by atoms with Crippen LogP contribution < -0.4 is 10.6 Å². The lowest BCUT2D eigenvalue weighted by Gasteiger charge is -2.44. The molecule has 12 heteroatoms. The van der Waals surface area contributed by atoms with Crippen LogP contribution in [0.5, 0.6) is 0 Å². The number of carbonyl (C=O) groups is 3. The van der Waals surface area contributed by atoms with Crippen LogP contribution in [0, 0.1) is 6.92 Å². The minimum Gasteiger partial charge on any atom is -0.465 e. The Morgan fingerprint density at radius 2 is 1.43 bits per heavy atom. The molecule has 6 rings (SSSR count). The lowest BCUT2D eigenvalue weighted by molar-refractivity contribution is -0.141. The molecule has 1 fully saturated rings. The van der Waals surface area contributed by atoms with E-state index in [-0.39, 0.29) is 6.54 Å². The van der Waals surface area contributed by atoms with Gasteiger partial charge in [-0.05, 0) is 48.6 Å². The average Bonchev–Trinajstić information content (AvgIpc) is 3.74. The van der Waals surface area contributed by atoms with Crippen molar-refractivity contribution in [1.82, 2.24) is 20.5 Å². The van der Waals surface area contributed by atoms with E-state index in [2.05, 4.69) is 15.6 Å². The molecule has 274 valence electrons. The highest BCUT2D eigenvalue weighted by atomic mass is 32.2. The number of carboxylic acid groups (broad SMARTS) is 1. The topological polar surface area (TPSA) is 132 Å². The zero-order chi connectivity index (χ0) is 37.8. The number of carbonyl (C=O) groups excluding carboxylic acids is 2. The molecule has 0 bridgehead atoms. The standard InChI is InChI=1S/C41H41FN4O5S2/c1-26-35(52-25-44-26)28-21-19-27(20-22-28)23-43-37(48)34-33(42)32(47)24-46(34)38(49)36(45-39(50)51)40(2,3)53-41(29-13-7-4-8-14-29,30-15-9-5-10-16-30)31-17-11-6-12-18-31/h4-22,25,32-34,36,45,47H,23-24H2,1-3H3,(H,43,48)(H,50,51)/t32-,33-,34+,36+/m0/s1. The summed E-state index contributed by atoms with van der Waals surface area (Å²) >= 11 is 2.90. The van der Waals surface area contributed by atoms with Crippen LogP contribution in [0.4, 0.5) is 9.18 Å². The van der Waals surface area contributed by atoms with Crippen LogP contribution in [-0.4, -0.2) is 73.7 Å². The lowest BCUT2D eigenvalue weighted by Crippen LogP contribution is -2.61. The van der Waals surface area contributed by atoms with Gasteiger partial charge in [-0.3, -0.25) is 9.59 Å². The van der Waals surface area contributed by atoms with Crippen LogP contribution in [0.25, 0.3) is 10.4 Å². The van der Waals surface area contributed by atoms with Gasteiger partial charge in [0.1, 0.15) is 18.2 Å². The summed E-state index contributed by atoms with van der Waals surface area (Å²) in [5.74, 6) is -1.62. The smallest absolute Gasteiger partial charge is 0.405 e. The molecule has 5 aromatic rings. The molecule has 53 heavy (non-hydrogen) atoms. The van der Waals surface area contributed by atoms with Gasteiger partial charge in [-0.2, -0.15) is 0 Å². The number of likely N-dealkylation sites (tertiary alicyclic amines) is 1. The normalized spacial score (nSPS) is 18.0. The molecule has 0 unspecified atom stereocenters. The van der Waals surface area contributed by atoms with Crippen molar-refractivity contribution in [3.05, 3.63) is 149 Å². The van der Waals surface area contributed by atoms with E-state index in [1.165, 1.54) is 23.1 Å². The Kier molecular flexibility index (Phi) is 11.3. The fourth-order valence-electron chi connectivity index (χ4n) is 6.93. The van der Waals surface area contributed by atoms with Crippen LogP contribution in [0.1, 0.15) is 41.8 Å². The molecule has 9 nitrogen and oxygen atoms in total. The van der Waals surface area contributed by atoms with Crippen LogP contribution in [0.15, 0.2) is 121 Å². The molecule has 0 saturated carbocycles. The van der Waals surface area contributed by atoms with Crippen molar-refractivity contribution in [3.63, 3.8) is 0 Å². The van der Waals surface area contributed by atoms with Gasteiger partial charge in [0.15, 0.2) is 6.17 Å². The molecule has 1 aliphatic rings. The summed E-state index contributed by atoms with van der Waals surface area (Å²) in [7, 11) is 0. The maximum absolute atomic E-state index is 15.7. The molecule has 2 heterocycles. The van der Waals surface area contributed by atoms with Crippen molar-refractivity contribution in [2.24, 2.45) is 0 Å². The van der Waals surface area contributed by atoms with E-state index in [9.17, 15) is 24.6 Å². The third-order valence-electron chi connectivity index (χ3n) is 9.54. The van der Waals surface area contributed by atoms with Crippen LogP contribution in [0.3, 0.4) is 0 Å². The van der Waals surface area contributed by atoms with Crippen molar-refractivity contribution in [2.75, 3.05) is 6.54 Å². The second-order valence-electron chi connectivity index (χ2n) is 13.5. The number of benzene rings is 4. The number of thiazole rings is 1. The Labute approximate surface area is 316 Å². The van der Waals surface area contributed by atoms with Gasteiger partial charge >= 0.3 is 6.09 Å². The average molecular weight is 753 g/mol. The number of hydrogen-bond donors (Lipinski definition) is 4. The van der Waals surface area contributed by atoms with Crippen molar-refractivity contribution in [3.8, 4) is 10.4 Å². The first-order valence-electron chi connectivity index (χ1n) is 17.2. The maximum Gasteiger partial charge on any atom is 0.405 e. The molecule has 0 radical (unpaired) electrons. The fraction of sp³-hybridized carbons (Fsp3) is 0.268. The fourth-order valence-corrected chi connectivity index (χ4v) is 9.57. The lowest BCUT2D eigenvalue weighted by atomic mass is 9.84. The third-order valence-corrected chi connectivity index (χ3v) is 12.3. The number of aryl methyl sites for hydroxylation is 1. The molecular formula is C41H41FN4O5S2. The first-order valence-corrected chi connectivity index (χ1v) is 18.9. The molecule has 1 aromatic heterocycles. The number of aliphatic hydroxyl groups excluding tert-OH is 1. The molecule has 4 aromatic carbocycles. The maximum atomic E-state index is 15.7. The van der Waals surface area contributed by atoms with E-state index in [4.69, 9.17) is 0 Å². The Bertz CT molecular complexity index is 1930. The zero-order valence-electron chi connectivity index (χ0n) is 29.5. The van der Waals surface area contributed by atoms with Gasteiger partial charge in [-0.25, -0.2) is 14.2 Å². The monoisotopic (exact) mass is 752 g/mol. The van der Waals surface area contributed by atoms with Crippen molar-refractivity contribution >= 4 is 41.0 Å². The predicted octanol–water partition coefficient (Wildman–Crippen LogP) is 6.78.